The van der Waals surface area contributed by atoms with Crippen molar-refractivity contribution in [3.05, 3.63) is 48.0 Å². The molecule has 2 aliphatic rings. The number of nitrogens with one attached hydrogen (secondary N) is 1. The van der Waals surface area contributed by atoms with Crippen molar-refractivity contribution < 1.29 is 22.7 Å². The second-order valence-electron chi connectivity index (χ2n) is 8.13. The minimum atomic E-state index is -3.73. The van der Waals surface area contributed by atoms with Gasteiger partial charge in [0, 0.05) is 31.9 Å². The van der Waals surface area contributed by atoms with Crippen molar-refractivity contribution in [2.45, 2.75) is 31.1 Å². The summed E-state index contributed by atoms with van der Waals surface area (Å²) >= 11 is 0. The largest absolute Gasteiger partial charge is 0.492 e. The van der Waals surface area contributed by atoms with Crippen molar-refractivity contribution >= 4 is 27.3 Å². The average Bonchev–Trinajstić information content (AvgIpc) is 2.86. The number of nitrogens with zero attached hydrogens (tertiary/aromatic N) is 2. The van der Waals surface area contributed by atoms with E-state index in [1.54, 1.807) is 24.3 Å². The maximum absolute atomic E-state index is 13.5. The second-order valence-corrected chi connectivity index (χ2v) is 10.1. The molecule has 0 aliphatic carbocycles. The molecule has 1 N–H and O–H groups in total. The SMILES string of the molecule is CCOc1ccccc1NC(=O)c1cc(S(=O)(=O)N2CCOCC2)ccc1N1CCCCC1. The molecule has 2 heterocycles. The number of amides is 1. The van der Waals surface area contributed by atoms with Crippen LogP contribution in [0.15, 0.2) is 47.4 Å². The lowest BCUT2D eigenvalue weighted by Crippen LogP contribution is -2.40. The third-order valence-electron chi connectivity index (χ3n) is 5.95. The van der Waals surface area contributed by atoms with E-state index in [1.165, 1.54) is 10.4 Å². The summed E-state index contributed by atoms with van der Waals surface area (Å²) in [5, 5.41) is 2.93. The summed E-state index contributed by atoms with van der Waals surface area (Å²) in [4.78, 5) is 15.8. The van der Waals surface area contributed by atoms with Gasteiger partial charge >= 0.3 is 0 Å². The van der Waals surface area contributed by atoms with E-state index in [1.807, 2.05) is 19.1 Å². The highest BCUT2D eigenvalue weighted by molar-refractivity contribution is 7.89. The number of hydrogen-bond donors (Lipinski definition) is 1. The monoisotopic (exact) mass is 473 g/mol. The van der Waals surface area contributed by atoms with Gasteiger partial charge in [0.1, 0.15) is 5.75 Å². The number of sulfonamides is 1. The molecule has 0 atom stereocenters. The third kappa shape index (κ3) is 5.31. The number of carbonyl (C=O) groups excluding carboxylic acids is 1. The van der Waals surface area contributed by atoms with Gasteiger partial charge in [0.05, 0.1) is 36.0 Å². The van der Waals surface area contributed by atoms with Gasteiger partial charge in [-0.3, -0.25) is 4.79 Å². The first-order valence-electron chi connectivity index (χ1n) is 11.5. The summed E-state index contributed by atoms with van der Waals surface area (Å²) < 4.78 is 38.9. The number of para-hydroxylation sites is 2. The fourth-order valence-electron chi connectivity index (χ4n) is 4.24. The molecule has 9 heteroatoms. The Morgan fingerprint density at radius 3 is 2.48 bits per heavy atom. The molecule has 0 saturated carbocycles. The van der Waals surface area contributed by atoms with Crippen LogP contribution in [0, 0.1) is 0 Å². The van der Waals surface area contributed by atoms with Crippen LogP contribution < -0.4 is 15.0 Å². The van der Waals surface area contributed by atoms with Crippen LogP contribution >= 0.6 is 0 Å². The van der Waals surface area contributed by atoms with Crippen molar-refractivity contribution in [1.29, 1.82) is 0 Å². The molecule has 2 aromatic rings. The number of hydrogen-bond acceptors (Lipinski definition) is 6. The van der Waals surface area contributed by atoms with E-state index >= 15 is 0 Å². The topological polar surface area (TPSA) is 88.2 Å². The molecule has 2 fully saturated rings. The lowest BCUT2D eigenvalue weighted by atomic mass is 10.1. The molecule has 0 aromatic heterocycles. The van der Waals surface area contributed by atoms with Gasteiger partial charge in [0.15, 0.2) is 0 Å². The van der Waals surface area contributed by atoms with Crippen molar-refractivity contribution in [3.8, 4) is 5.75 Å². The van der Waals surface area contributed by atoms with Gasteiger partial charge in [-0.1, -0.05) is 12.1 Å². The van der Waals surface area contributed by atoms with Crippen molar-refractivity contribution in [3.63, 3.8) is 0 Å². The van der Waals surface area contributed by atoms with Crippen LogP contribution in [0.25, 0.3) is 0 Å². The highest BCUT2D eigenvalue weighted by Gasteiger charge is 2.29. The number of morpholine rings is 1. The Labute approximate surface area is 195 Å². The Kier molecular flexibility index (Phi) is 7.52. The van der Waals surface area contributed by atoms with E-state index in [0.29, 0.717) is 49.9 Å². The van der Waals surface area contributed by atoms with E-state index in [0.717, 1.165) is 38.0 Å². The van der Waals surface area contributed by atoms with Gasteiger partial charge < -0.3 is 19.7 Å². The molecule has 178 valence electrons. The van der Waals surface area contributed by atoms with Crippen LogP contribution in [0.4, 0.5) is 11.4 Å². The summed E-state index contributed by atoms with van der Waals surface area (Å²) in [6.45, 7) is 5.38. The fourth-order valence-corrected chi connectivity index (χ4v) is 5.68. The number of rotatable bonds is 7. The normalized spacial score (nSPS) is 17.5. The Hall–Kier alpha value is -2.62. The first-order chi connectivity index (χ1) is 16.0. The number of anilines is 2. The lowest BCUT2D eigenvalue weighted by Gasteiger charge is -2.31. The molecule has 0 bridgehead atoms. The lowest BCUT2D eigenvalue weighted by molar-refractivity contribution is 0.0730. The first kappa shape index (κ1) is 23.5. The van der Waals surface area contributed by atoms with Crippen molar-refractivity contribution in [2.24, 2.45) is 0 Å². The molecule has 0 radical (unpaired) electrons. The number of carbonyl (C=O) groups is 1. The van der Waals surface area contributed by atoms with Crippen LogP contribution in [0.3, 0.4) is 0 Å². The zero-order valence-corrected chi connectivity index (χ0v) is 19.8. The van der Waals surface area contributed by atoms with Gasteiger partial charge in [-0.05, 0) is 56.5 Å². The minimum Gasteiger partial charge on any atom is -0.492 e. The Balaban J connectivity index is 1.70. The van der Waals surface area contributed by atoms with E-state index in [2.05, 4.69) is 10.2 Å². The molecule has 8 nitrogen and oxygen atoms in total. The van der Waals surface area contributed by atoms with Gasteiger partial charge in [0.2, 0.25) is 10.0 Å². The van der Waals surface area contributed by atoms with Gasteiger partial charge in [-0.2, -0.15) is 4.31 Å². The van der Waals surface area contributed by atoms with Gasteiger partial charge in [-0.25, -0.2) is 8.42 Å². The number of benzene rings is 2. The maximum atomic E-state index is 13.5. The zero-order chi connectivity index (χ0) is 23.3. The molecule has 2 aromatic carbocycles. The highest BCUT2D eigenvalue weighted by atomic mass is 32.2. The molecule has 33 heavy (non-hydrogen) atoms. The van der Waals surface area contributed by atoms with Gasteiger partial charge in [-0.15, -0.1) is 0 Å². The molecule has 0 unspecified atom stereocenters. The third-order valence-corrected chi connectivity index (χ3v) is 7.85. The molecular weight excluding hydrogens is 442 g/mol. The fraction of sp³-hybridized carbons (Fsp3) is 0.458. The van der Waals surface area contributed by atoms with E-state index < -0.39 is 10.0 Å². The van der Waals surface area contributed by atoms with Crippen LogP contribution in [0.2, 0.25) is 0 Å². The maximum Gasteiger partial charge on any atom is 0.257 e. The highest BCUT2D eigenvalue weighted by Crippen LogP contribution is 2.31. The Morgan fingerprint density at radius 2 is 1.76 bits per heavy atom. The zero-order valence-electron chi connectivity index (χ0n) is 19.0. The van der Waals surface area contributed by atoms with Crippen molar-refractivity contribution in [2.75, 3.05) is 56.2 Å². The molecule has 4 rings (SSSR count). The van der Waals surface area contributed by atoms with Crippen LogP contribution in [-0.2, 0) is 14.8 Å². The molecule has 2 saturated heterocycles. The van der Waals surface area contributed by atoms with Gasteiger partial charge in [0.25, 0.3) is 5.91 Å². The van der Waals surface area contributed by atoms with Crippen molar-refractivity contribution in [1.82, 2.24) is 4.31 Å². The second kappa shape index (κ2) is 10.5. The quantitative estimate of drug-likeness (QED) is 0.664. The van der Waals surface area contributed by atoms with Crippen LogP contribution in [-0.4, -0.2) is 64.6 Å². The smallest absolute Gasteiger partial charge is 0.257 e. The Bertz CT molecular complexity index is 1080. The summed E-state index contributed by atoms with van der Waals surface area (Å²) in [5.41, 5.74) is 1.65. The molecule has 1 amide bonds. The average molecular weight is 474 g/mol. The Morgan fingerprint density at radius 1 is 1.03 bits per heavy atom. The summed E-state index contributed by atoms with van der Waals surface area (Å²) in [7, 11) is -3.73. The summed E-state index contributed by atoms with van der Waals surface area (Å²) in [6.07, 6.45) is 3.24. The summed E-state index contributed by atoms with van der Waals surface area (Å²) in [6, 6.07) is 12.1. The molecule has 0 spiro atoms. The predicted molar refractivity (Wildman–Crippen MR) is 128 cm³/mol. The minimum absolute atomic E-state index is 0.119. The molecular formula is C24H31N3O5S. The van der Waals surface area contributed by atoms with E-state index in [4.69, 9.17) is 9.47 Å². The van der Waals surface area contributed by atoms with Crippen LogP contribution in [0.5, 0.6) is 5.75 Å². The van der Waals surface area contributed by atoms with E-state index in [9.17, 15) is 13.2 Å². The summed E-state index contributed by atoms with van der Waals surface area (Å²) in [5.74, 6) is 0.215. The standard InChI is InChI=1S/C24H31N3O5S/c1-2-32-23-9-5-4-8-21(23)25-24(28)20-18-19(33(29,30)27-14-16-31-17-15-27)10-11-22(20)26-12-6-3-7-13-26/h4-5,8-11,18H,2-3,6-7,12-17H2,1H3,(H,25,28). The molecule has 2 aliphatic heterocycles. The van der Waals surface area contributed by atoms with Crippen LogP contribution in [0.1, 0.15) is 36.5 Å². The first-order valence-corrected chi connectivity index (χ1v) is 12.9. The predicted octanol–water partition coefficient (Wildman–Crippen LogP) is 3.35. The number of piperidine rings is 1. The van der Waals surface area contributed by atoms with E-state index in [-0.39, 0.29) is 10.8 Å². The number of ether oxygens (including phenoxy) is 2.